The average Bonchev–Trinajstić information content (AvgIpc) is 2.16. The summed E-state index contributed by atoms with van der Waals surface area (Å²) in [6, 6.07) is 5.18. The second kappa shape index (κ2) is 3.99. The second-order valence-corrected chi connectivity index (χ2v) is 2.54. The summed E-state index contributed by atoms with van der Waals surface area (Å²) in [5, 5.41) is 26.4. The fourth-order valence-electron chi connectivity index (χ4n) is 1.01. The Morgan fingerprint density at radius 3 is 2.77 bits per heavy atom. The Morgan fingerprint density at radius 1 is 1.54 bits per heavy atom. The Balaban J connectivity index is 3.15. The molecule has 0 bridgehead atoms. The molecule has 0 saturated carbocycles. The first kappa shape index (κ1) is 9.65. The van der Waals surface area contributed by atoms with Crippen LogP contribution in [0.1, 0.15) is 17.2 Å². The highest BCUT2D eigenvalue weighted by atomic mass is 19.1. The molecule has 0 aliphatic rings. The van der Waals surface area contributed by atoms with E-state index < -0.39 is 18.5 Å². The van der Waals surface area contributed by atoms with Crippen LogP contribution in [-0.4, -0.2) is 16.8 Å². The third kappa shape index (κ3) is 2.02. The molecule has 0 aromatic heterocycles. The topological polar surface area (TPSA) is 64.2 Å². The van der Waals surface area contributed by atoms with Crippen molar-refractivity contribution in [1.29, 1.82) is 5.26 Å². The highest BCUT2D eigenvalue weighted by Crippen LogP contribution is 2.17. The van der Waals surface area contributed by atoms with Gasteiger partial charge in [0.05, 0.1) is 18.2 Å². The second-order valence-electron chi connectivity index (χ2n) is 2.54. The number of halogens is 1. The third-order valence-corrected chi connectivity index (χ3v) is 1.67. The van der Waals surface area contributed by atoms with Crippen LogP contribution in [0.15, 0.2) is 18.2 Å². The molecular weight excluding hydrogens is 173 g/mol. The Morgan fingerprint density at radius 2 is 2.23 bits per heavy atom. The van der Waals surface area contributed by atoms with Crippen LogP contribution in [0.25, 0.3) is 0 Å². The molecule has 1 rings (SSSR count). The lowest BCUT2D eigenvalue weighted by Gasteiger charge is -2.08. The van der Waals surface area contributed by atoms with Gasteiger partial charge >= 0.3 is 0 Å². The molecule has 1 atom stereocenters. The molecule has 0 unspecified atom stereocenters. The summed E-state index contributed by atoms with van der Waals surface area (Å²) in [4.78, 5) is 0. The van der Waals surface area contributed by atoms with E-state index >= 15 is 0 Å². The molecule has 0 aliphatic carbocycles. The maximum Gasteiger partial charge on any atom is 0.124 e. The van der Waals surface area contributed by atoms with Gasteiger partial charge in [0.15, 0.2) is 0 Å². The Hall–Kier alpha value is -1.44. The summed E-state index contributed by atoms with van der Waals surface area (Å²) in [7, 11) is 0. The fourth-order valence-corrected chi connectivity index (χ4v) is 1.01. The first-order valence-corrected chi connectivity index (χ1v) is 3.67. The molecule has 68 valence electrons. The minimum absolute atomic E-state index is 0.0431. The number of hydrogen-bond acceptors (Lipinski definition) is 3. The first-order valence-electron chi connectivity index (χ1n) is 3.67. The summed E-state index contributed by atoms with van der Waals surface area (Å²) in [5.74, 6) is -0.537. The van der Waals surface area contributed by atoms with Gasteiger partial charge in [-0.05, 0) is 12.1 Å². The van der Waals surface area contributed by atoms with Crippen molar-refractivity contribution in [1.82, 2.24) is 0 Å². The number of rotatable bonds is 2. The lowest BCUT2D eigenvalue weighted by molar-refractivity contribution is 0.0953. The quantitative estimate of drug-likeness (QED) is 0.706. The van der Waals surface area contributed by atoms with E-state index in [0.717, 1.165) is 12.1 Å². The van der Waals surface area contributed by atoms with Crippen LogP contribution >= 0.6 is 0 Å². The fraction of sp³-hybridized carbons (Fsp3) is 0.222. The van der Waals surface area contributed by atoms with Crippen LogP contribution in [-0.2, 0) is 0 Å². The summed E-state index contributed by atoms with van der Waals surface area (Å²) < 4.78 is 12.6. The van der Waals surface area contributed by atoms with E-state index in [9.17, 15) is 9.50 Å². The number of nitrogens with zero attached hydrogens (tertiary/aromatic N) is 1. The lowest BCUT2D eigenvalue weighted by Crippen LogP contribution is -2.05. The summed E-state index contributed by atoms with van der Waals surface area (Å²) in [6.45, 7) is -0.486. The monoisotopic (exact) mass is 181 g/mol. The standard InChI is InChI=1S/C9H8FNO2/c10-7-1-2-8(9(13)5-12)6(3-7)4-11/h1-3,9,12-13H,5H2/t9-/m1/s1. The molecule has 1 aromatic carbocycles. The van der Waals surface area contributed by atoms with Crippen LogP contribution < -0.4 is 0 Å². The van der Waals surface area contributed by atoms with E-state index in [-0.39, 0.29) is 11.1 Å². The van der Waals surface area contributed by atoms with Crippen molar-refractivity contribution in [2.45, 2.75) is 6.10 Å². The van der Waals surface area contributed by atoms with Crippen molar-refractivity contribution < 1.29 is 14.6 Å². The van der Waals surface area contributed by atoms with Gasteiger partial charge in [-0.15, -0.1) is 0 Å². The highest BCUT2D eigenvalue weighted by Gasteiger charge is 2.11. The zero-order chi connectivity index (χ0) is 9.84. The van der Waals surface area contributed by atoms with E-state index in [0.29, 0.717) is 0 Å². The lowest BCUT2D eigenvalue weighted by atomic mass is 10.0. The molecule has 3 nitrogen and oxygen atoms in total. The number of aliphatic hydroxyl groups is 2. The first-order chi connectivity index (χ1) is 6.19. The van der Waals surface area contributed by atoms with E-state index in [1.807, 2.05) is 0 Å². The molecule has 0 aliphatic heterocycles. The van der Waals surface area contributed by atoms with Gasteiger partial charge < -0.3 is 10.2 Å². The van der Waals surface area contributed by atoms with E-state index in [1.165, 1.54) is 6.07 Å². The molecule has 0 heterocycles. The SMILES string of the molecule is N#Cc1cc(F)ccc1[C@H](O)CO. The van der Waals surface area contributed by atoms with Gasteiger partial charge in [0, 0.05) is 5.56 Å². The van der Waals surface area contributed by atoms with Crippen LogP contribution in [0.4, 0.5) is 4.39 Å². The number of benzene rings is 1. The van der Waals surface area contributed by atoms with Crippen LogP contribution in [0.2, 0.25) is 0 Å². The molecule has 4 heteroatoms. The smallest absolute Gasteiger partial charge is 0.124 e. The molecule has 1 aromatic rings. The number of aliphatic hydroxyl groups excluding tert-OH is 2. The molecule has 0 amide bonds. The van der Waals surface area contributed by atoms with Crippen molar-refractivity contribution in [2.75, 3.05) is 6.61 Å². The van der Waals surface area contributed by atoms with E-state index in [1.54, 1.807) is 6.07 Å². The summed E-state index contributed by atoms with van der Waals surface area (Å²) >= 11 is 0. The average molecular weight is 181 g/mol. The van der Waals surface area contributed by atoms with E-state index in [2.05, 4.69) is 0 Å². The summed E-state index contributed by atoms with van der Waals surface area (Å²) in [5.41, 5.74) is 0.285. The maximum absolute atomic E-state index is 12.6. The third-order valence-electron chi connectivity index (χ3n) is 1.67. The molecule has 0 radical (unpaired) electrons. The minimum atomic E-state index is -1.13. The highest BCUT2D eigenvalue weighted by molar-refractivity contribution is 5.39. The molecule has 0 fully saturated rings. The normalized spacial score (nSPS) is 12.2. The largest absolute Gasteiger partial charge is 0.393 e. The van der Waals surface area contributed by atoms with Crippen LogP contribution in [0.3, 0.4) is 0 Å². The van der Waals surface area contributed by atoms with Crippen molar-refractivity contribution in [3.8, 4) is 6.07 Å². The van der Waals surface area contributed by atoms with Gasteiger partial charge in [-0.25, -0.2) is 4.39 Å². The molecular formula is C9H8FNO2. The van der Waals surface area contributed by atoms with Crippen molar-refractivity contribution in [3.63, 3.8) is 0 Å². The predicted octanol–water partition coefficient (Wildman–Crippen LogP) is 0.723. The van der Waals surface area contributed by atoms with Crippen molar-refractivity contribution >= 4 is 0 Å². The van der Waals surface area contributed by atoms with Gasteiger partial charge in [-0.2, -0.15) is 5.26 Å². The van der Waals surface area contributed by atoms with Gasteiger partial charge in [-0.3, -0.25) is 0 Å². The molecule has 13 heavy (non-hydrogen) atoms. The van der Waals surface area contributed by atoms with Gasteiger partial charge in [0.1, 0.15) is 11.9 Å². The van der Waals surface area contributed by atoms with E-state index in [4.69, 9.17) is 10.4 Å². The summed E-state index contributed by atoms with van der Waals surface area (Å²) in [6.07, 6.45) is -1.13. The zero-order valence-corrected chi connectivity index (χ0v) is 6.74. The minimum Gasteiger partial charge on any atom is -0.393 e. The predicted molar refractivity (Wildman–Crippen MR) is 43.2 cm³/mol. The maximum atomic E-state index is 12.6. The Bertz CT molecular complexity index is 346. The van der Waals surface area contributed by atoms with Gasteiger partial charge in [0.25, 0.3) is 0 Å². The number of nitriles is 1. The van der Waals surface area contributed by atoms with Gasteiger partial charge in [0.2, 0.25) is 0 Å². The molecule has 0 spiro atoms. The van der Waals surface area contributed by atoms with Gasteiger partial charge in [-0.1, -0.05) is 6.07 Å². The number of hydrogen-bond donors (Lipinski definition) is 2. The van der Waals surface area contributed by atoms with Crippen molar-refractivity contribution in [2.24, 2.45) is 0 Å². The van der Waals surface area contributed by atoms with Crippen molar-refractivity contribution in [3.05, 3.63) is 35.1 Å². The molecule has 0 saturated heterocycles. The molecule has 2 N–H and O–H groups in total. The Labute approximate surface area is 74.7 Å². The Kier molecular flexibility index (Phi) is 2.96. The zero-order valence-electron chi connectivity index (χ0n) is 6.74. The van der Waals surface area contributed by atoms with Crippen LogP contribution in [0, 0.1) is 17.1 Å². The van der Waals surface area contributed by atoms with Crippen LogP contribution in [0.5, 0.6) is 0 Å².